The van der Waals surface area contributed by atoms with Gasteiger partial charge in [0.1, 0.15) is 28.9 Å². The third-order valence-electron chi connectivity index (χ3n) is 15.0. The number of phenols is 1. The molecule has 10 nitrogen and oxygen atoms in total. The van der Waals surface area contributed by atoms with Gasteiger partial charge in [-0.05, 0) is 142 Å². The summed E-state index contributed by atoms with van der Waals surface area (Å²) < 4.78 is 7.86. The number of hydrogen-bond donors (Lipinski definition) is 2. The van der Waals surface area contributed by atoms with E-state index in [9.17, 15) is 10.2 Å². The molecule has 4 aliphatic rings. The van der Waals surface area contributed by atoms with Crippen LogP contribution < -0.4 is 9.80 Å². The largest absolute Gasteiger partial charge is 0.508 e. The zero-order valence-corrected chi connectivity index (χ0v) is 38.3. The number of piperidine rings is 2. The molecule has 11 heteroatoms. The maximum absolute atomic E-state index is 12.0. The average molecular weight is 884 g/mol. The van der Waals surface area contributed by atoms with Crippen molar-refractivity contribution in [2.75, 3.05) is 36.0 Å². The molecule has 2 fully saturated rings. The van der Waals surface area contributed by atoms with Gasteiger partial charge in [-0.3, -0.25) is 9.56 Å². The van der Waals surface area contributed by atoms with E-state index >= 15 is 0 Å². The molecular formula is C54H57N7O3S. The minimum atomic E-state index is -0.627. The van der Waals surface area contributed by atoms with Crippen LogP contribution in [0.1, 0.15) is 118 Å². The highest BCUT2D eigenvalue weighted by Gasteiger charge is 2.37. The van der Waals surface area contributed by atoms with Crippen LogP contribution in [0.2, 0.25) is 0 Å². The summed E-state index contributed by atoms with van der Waals surface area (Å²) in [6, 6.07) is 34.7. The Morgan fingerprint density at radius 3 is 2.25 bits per heavy atom. The fourth-order valence-corrected chi connectivity index (χ4v) is 12.6. The number of hydrogen-bond acceptors (Lipinski definition) is 10. The number of aliphatic hydroxyl groups is 1. The Balaban J connectivity index is 0.729. The lowest BCUT2D eigenvalue weighted by Crippen LogP contribution is -2.46. The first-order valence-electron chi connectivity index (χ1n) is 23.5. The monoisotopic (exact) mass is 883 g/mol. The van der Waals surface area contributed by atoms with Gasteiger partial charge in [0.25, 0.3) is 0 Å². The molecule has 332 valence electrons. The quantitative estimate of drug-likeness (QED) is 0.147. The predicted octanol–water partition coefficient (Wildman–Crippen LogP) is 10.6. The van der Waals surface area contributed by atoms with Gasteiger partial charge in [-0.2, -0.15) is 0 Å². The summed E-state index contributed by atoms with van der Waals surface area (Å²) in [5.41, 5.74) is 11.5. The highest BCUT2D eigenvalue weighted by molar-refractivity contribution is 7.15. The van der Waals surface area contributed by atoms with Gasteiger partial charge in [-0.1, -0.05) is 60.7 Å². The fourth-order valence-electron chi connectivity index (χ4n) is 11.4. The SMILES string of the molecule is Cc1sc2c(c1C)C(c1ccc(N3CCC(CC4(O)CCN(c5ccc([C@@H]6c7ccc(O)cc7CC[C@@H]6c6ccccc6)cc5)CC4)CC3)cc1)=N[C@@H](Cc1ncco1)c1nnc(C)n1-2. The van der Waals surface area contributed by atoms with E-state index in [2.05, 4.69) is 128 Å². The van der Waals surface area contributed by atoms with Crippen LogP contribution in [0.4, 0.5) is 11.4 Å². The van der Waals surface area contributed by atoms with Gasteiger partial charge in [0.2, 0.25) is 0 Å². The number of aromatic nitrogens is 4. The summed E-state index contributed by atoms with van der Waals surface area (Å²) >= 11 is 1.77. The molecule has 0 spiro atoms. The molecule has 1 aliphatic carbocycles. The molecule has 6 heterocycles. The number of aromatic hydroxyl groups is 1. The van der Waals surface area contributed by atoms with E-state index in [-0.39, 0.29) is 12.0 Å². The molecule has 0 amide bonds. The maximum atomic E-state index is 12.0. The Morgan fingerprint density at radius 2 is 1.52 bits per heavy atom. The lowest BCUT2D eigenvalue weighted by atomic mass is 9.69. The van der Waals surface area contributed by atoms with Gasteiger partial charge >= 0.3 is 0 Å². The zero-order valence-electron chi connectivity index (χ0n) is 37.5. The van der Waals surface area contributed by atoms with Crippen molar-refractivity contribution in [2.45, 2.75) is 95.6 Å². The molecule has 11 rings (SSSR count). The van der Waals surface area contributed by atoms with Gasteiger partial charge in [0.15, 0.2) is 11.7 Å². The molecule has 2 N–H and O–H groups in total. The maximum Gasteiger partial charge on any atom is 0.196 e. The standard InChI is InChI=1S/C54H57N7O3S/c1-34-35(2)65-53-49(34)51(56-47(32-48-55-25-30-64-48)52-58-57-36(3)61(52)53)40-11-16-42(17-12-40)59-26-21-37(22-27-59)33-54(63)23-28-60(29-24-54)43-14-9-39(10-15-43)50-45(38-7-5-4-6-8-38)19-13-41-31-44(62)18-20-46(41)50/h4-12,14-18,20,25,30-31,37,45,47,50,62-63H,13,19,21-24,26-29,32-33H2,1-3H3/t45-,47+,50+/m1/s1. The molecule has 3 aliphatic heterocycles. The molecule has 0 bridgehead atoms. The summed E-state index contributed by atoms with van der Waals surface area (Å²) in [6.45, 7) is 10.1. The second kappa shape index (κ2) is 17.1. The van der Waals surface area contributed by atoms with Crippen molar-refractivity contribution in [3.63, 3.8) is 0 Å². The number of thiophene rings is 1. The zero-order chi connectivity index (χ0) is 44.2. The predicted molar refractivity (Wildman–Crippen MR) is 258 cm³/mol. The fraction of sp³-hybridized carbons (Fsp3) is 0.370. The van der Waals surface area contributed by atoms with Gasteiger partial charge in [-0.15, -0.1) is 21.5 Å². The van der Waals surface area contributed by atoms with E-state index in [1.165, 1.54) is 44.1 Å². The van der Waals surface area contributed by atoms with Gasteiger partial charge in [0.05, 0.1) is 23.9 Å². The number of rotatable bonds is 9. The summed E-state index contributed by atoms with van der Waals surface area (Å²) in [7, 11) is 0. The van der Waals surface area contributed by atoms with Crippen molar-refractivity contribution in [2.24, 2.45) is 10.9 Å². The van der Waals surface area contributed by atoms with Crippen molar-refractivity contribution in [1.82, 2.24) is 19.7 Å². The Kier molecular flexibility index (Phi) is 10.9. The van der Waals surface area contributed by atoms with E-state index in [1.807, 2.05) is 19.1 Å². The molecule has 3 aromatic heterocycles. The molecule has 7 aromatic rings. The average Bonchev–Trinajstić information content (AvgIpc) is 4.04. The number of oxazole rings is 1. The second-order valence-electron chi connectivity index (χ2n) is 18.9. The van der Waals surface area contributed by atoms with Crippen LogP contribution in [0.15, 0.2) is 119 Å². The first kappa shape index (κ1) is 41.7. The van der Waals surface area contributed by atoms with E-state index in [0.717, 1.165) is 105 Å². The second-order valence-corrected chi connectivity index (χ2v) is 20.1. The topological polar surface area (TPSA) is 116 Å². The molecule has 0 unspecified atom stereocenters. The number of aryl methyl sites for hydroxylation is 3. The van der Waals surface area contributed by atoms with E-state index < -0.39 is 5.60 Å². The molecule has 3 atom stereocenters. The Labute approximate surface area is 385 Å². The lowest BCUT2D eigenvalue weighted by Gasteiger charge is -2.43. The Bertz CT molecular complexity index is 2820. The van der Waals surface area contributed by atoms with E-state index in [1.54, 1.807) is 23.8 Å². The van der Waals surface area contributed by atoms with E-state index in [0.29, 0.717) is 29.9 Å². The summed E-state index contributed by atoms with van der Waals surface area (Å²) in [4.78, 5) is 16.1. The number of benzene rings is 4. The van der Waals surface area contributed by atoms with Crippen molar-refractivity contribution in [3.8, 4) is 10.8 Å². The summed E-state index contributed by atoms with van der Waals surface area (Å²) in [5.74, 6) is 3.75. The first-order chi connectivity index (χ1) is 31.7. The number of nitrogens with zero attached hydrogens (tertiary/aromatic N) is 7. The van der Waals surface area contributed by atoms with Crippen molar-refractivity contribution >= 4 is 28.4 Å². The van der Waals surface area contributed by atoms with Crippen LogP contribution in [-0.2, 0) is 12.8 Å². The summed E-state index contributed by atoms with van der Waals surface area (Å²) in [5, 5.41) is 32.5. The minimum absolute atomic E-state index is 0.234. The third-order valence-corrected chi connectivity index (χ3v) is 16.2. The number of anilines is 2. The smallest absolute Gasteiger partial charge is 0.196 e. The van der Waals surface area contributed by atoms with Crippen molar-refractivity contribution < 1.29 is 14.6 Å². The number of phenolic OH excluding ortho intramolecular Hbond substituents is 1. The minimum Gasteiger partial charge on any atom is -0.508 e. The van der Waals surface area contributed by atoms with Gasteiger partial charge < -0.3 is 24.4 Å². The number of aliphatic imine (C=N–C) groups is 1. The molecule has 65 heavy (non-hydrogen) atoms. The van der Waals surface area contributed by atoms with Gasteiger partial charge in [-0.25, -0.2) is 4.98 Å². The highest BCUT2D eigenvalue weighted by atomic mass is 32.1. The van der Waals surface area contributed by atoms with Crippen LogP contribution in [0.3, 0.4) is 0 Å². The molecular weight excluding hydrogens is 827 g/mol. The Hall–Kier alpha value is -6.04. The normalized spacial score (nSPS) is 20.7. The molecule has 0 saturated carbocycles. The van der Waals surface area contributed by atoms with Gasteiger partial charge in [0, 0.05) is 59.5 Å². The van der Waals surface area contributed by atoms with Crippen LogP contribution in [0.25, 0.3) is 5.00 Å². The third kappa shape index (κ3) is 7.96. The van der Waals surface area contributed by atoms with Crippen LogP contribution in [0, 0.1) is 26.7 Å². The summed E-state index contributed by atoms with van der Waals surface area (Å²) in [6.07, 6.45) is 10.4. The lowest BCUT2D eigenvalue weighted by molar-refractivity contribution is -0.00952. The van der Waals surface area contributed by atoms with Crippen LogP contribution in [-0.4, -0.2) is 67.5 Å². The number of fused-ring (bicyclic) bond motifs is 4. The van der Waals surface area contributed by atoms with Crippen LogP contribution in [0.5, 0.6) is 5.75 Å². The van der Waals surface area contributed by atoms with Crippen molar-refractivity contribution in [3.05, 3.63) is 171 Å². The Morgan fingerprint density at radius 1 is 0.800 bits per heavy atom. The first-order valence-corrected chi connectivity index (χ1v) is 24.3. The van der Waals surface area contributed by atoms with Crippen LogP contribution >= 0.6 is 11.3 Å². The van der Waals surface area contributed by atoms with Crippen molar-refractivity contribution in [1.29, 1.82) is 0 Å². The molecule has 2 saturated heterocycles. The van der Waals surface area contributed by atoms with E-state index in [4.69, 9.17) is 9.41 Å². The molecule has 4 aromatic carbocycles. The molecule has 0 radical (unpaired) electrons. The highest BCUT2D eigenvalue weighted by Crippen LogP contribution is 2.48.